The fourth-order valence-corrected chi connectivity index (χ4v) is 2.32. The average Bonchev–Trinajstić information content (AvgIpc) is 2.48. The van der Waals surface area contributed by atoms with Crippen molar-refractivity contribution in [2.24, 2.45) is 0 Å². The van der Waals surface area contributed by atoms with Crippen LogP contribution in [0.4, 0.5) is 0 Å². The summed E-state index contributed by atoms with van der Waals surface area (Å²) in [7, 11) is 0. The molecule has 0 amide bonds. The Morgan fingerprint density at radius 1 is 1.20 bits per heavy atom. The summed E-state index contributed by atoms with van der Waals surface area (Å²) in [6.45, 7) is 2.42. The second-order valence-corrected chi connectivity index (χ2v) is 4.83. The maximum Gasteiger partial charge on any atom is 0.179 e. The van der Waals surface area contributed by atoms with Crippen molar-refractivity contribution in [3.05, 3.63) is 46.7 Å². The van der Waals surface area contributed by atoms with Gasteiger partial charge in [-0.15, -0.1) is 0 Å². The molecule has 1 N–H and O–H groups in total. The molecule has 2 aromatic rings. The molecule has 0 fully saturated rings. The van der Waals surface area contributed by atoms with Gasteiger partial charge in [-0.3, -0.25) is 0 Å². The van der Waals surface area contributed by atoms with Crippen molar-refractivity contribution in [2.75, 3.05) is 13.2 Å². The molecule has 0 radical (unpaired) electrons. The summed E-state index contributed by atoms with van der Waals surface area (Å²) in [6, 6.07) is 7.63. The van der Waals surface area contributed by atoms with Crippen LogP contribution in [0.2, 0.25) is 5.02 Å². The lowest BCUT2D eigenvalue weighted by molar-refractivity contribution is 0.171. The average molecular weight is 292 g/mol. The highest BCUT2D eigenvalue weighted by molar-refractivity contribution is 6.32. The van der Waals surface area contributed by atoms with E-state index in [4.69, 9.17) is 21.1 Å². The first-order valence-corrected chi connectivity index (χ1v) is 6.76. The van der Waals surface area contributed by atoms with Crippen molar-refractivity contribution in [3.63, 3.8) is 0 Å². The number of hydrogen-bond donors (Lipinski definition) is 1. The molecule has 0 saturated carbocycles. The van der Waals surface area contributed by atoms with E-state index in [0.717, 1.165) is 11.3 Å². The highest BCUT2D eigenvalue weighted by Crippen LogP contribution is 2.38. The van der Waals surface area contributed by atoms with E-state index in [2.05, 4.69) is 15.5 Å². The molecule has 0 aliphatic carbocycles. The van der Waals surface area contributed by atoms with Crippen LogP contribution in [0.1, 0.15) is 11.3 Å². The summed E-state index contributed by atoms with van der Waals surface area (Å²) in [6.07, 6.45) is 1.66. The molecule has 20 heavy (non-hydrogen) atoms. The fourth-order valence-electron chi connectivity index (χ4n) is 2.03. The number of benzene rings is 1. The van der Waals surface area contributed by atoms with Crippen LogP contribution in [0.3, 0.4) is 0 Å². The number of nitrogens with one attached hydrogen (secondary N) is 1. The summed E-state index contributed by atoms with van der Waals surface area (Å²) in [5.74, 6) is 1.34. The summed E-state index contributed by atoms with van der Waals surface area (Å²) < 4.78 is 11.0. The van der Waals surface area contributed by atoms with Crippen LogP contribution in [0.5, 0.6) is 11.5 Å². The number of rotatable bonds is 4. The van der Waals surface area contributed by atoms with Crippen LogP contribution in [0, 0.1) is 0 Å². The zero-order valence-electron chi connectivity index (χ0n) is 10.8. The maximum atomic E-state index is 6.19. The first-order valence-electron chi connectivity index (χ1n) is 6.38. The van der Waals surface area contributed by atoms with Crippen molar-refractivity contribution >= 4 is 11.6 Å². The van der Waals surface area contributed by atoms with Crippen molar-refractivity contribution in [3.8, 4) is 11.5 Å². The second-order valence-electron chi connectivity index (χ2n) is 4.42. The Morgan fingerprint density at radius 2 is 2.10 bits per heavy atom. The Morgan fingerprint density at radius 3 is 2.95 bits per heavy atom. The molecule has 3 rings (SSSR count). The molecule has 104 valence electrons. The summed E-state index contributed by atoms with van der Waals surface area (Å²) in [5, 5.41) is 11.7. The van der Waals surface area contributed by atoms with Gasteiger partial charge in [-0.05, 0) is 29.8 Å². The van der Waals surface area contributed by atoms with Crippen LogP contribution in [0.15, 0.2) is 30.5 Å². The minimum absolute atomic E-state index is 0.539. The topological polar surface area (TPSA) is 56.3 Å². The van der Waals surface area contributed by atoms with Gasteiger partial charge in [0.2, 0.25) is 0 Å². The largest absolute Gasteiger partial charge is 0.486 e. The van der Waals surface area contributed by atoms with E-state index in [1.54, 1.807) is 6.20 Å². The Labute approximate surface area is 121 Å². The van der Waals surface area contributed by atoms with Gasteiger partial charge in [-0.1, -0.05) is 11.6 Å². The number of ether oxygens (including phenoxy) is 2. The third-order valence-corrected chi connectivity index (χ3v) is 3.20. The molecule has 2 heterocycles. The van der Waals surface area contributed by atoms with Gasteiger partial charge in [0.1, 0.15) is 13.2 Å². The fraction of sp³-hybridized carbons (Fsp3) is 0.286. The van der Waals surface area contributed by atoms with Crippen LogP contribution in [-0.2, 0) is 13.1 Å². The van der Waals surface area contributed by atoms with Crippen LogP contribution >= 0.6 is 11.6 Å². The molecule has 1 aliphatic heterocycles. The van der Waals surface area contributed by atoms with Gasteiger partial charge >= 0.3 is 0 Å². The number of halogens is 1. The Hall–Kier alpha value is -1.85. The number of hydrogen-bond acceptors (Lipinski definition) is 5. The van der Waals surface area contributed by atoms with E-state index in [1.807, 2.05) is 24.3 Å². The highest BCUT2D eigenvalue weighted by atomic mass is 35.5. The number of fused-ring (bicyclic) bond motifs is 1. The molecule has 0 bridgehead atoms. The Kier molecular flexibility index (Phi) is 3.99. The zero-order chi connectivity index (χ0) is 13.8. The van der Waals surface area contributed by atoms with Crippen molar-refractivity contribution in [2.45, 2.75) is 13.1 Å². The van der Waals surface area contributed by atoms with E-state index in [9.17, 15) is 0 Å². The highest BCUT2D eigenvalue weighted by Gasteiger charge is 2.16. The zero-order valence-corrected chi connectivity index (χ0v) is 11.6. The van der Waals surface area contributed by atoms with Crippen molar-refractivity contribution in [1.29, 1.82) is 0 Å². The maximum absolute atomic E-state index is 6.19. The monoisotopic (exact) mass is 291 g/mol. The molecule has 1 aliphatic rings. The van der Waals surface area contributed by atoms with Crippen molar-refractivity contribution < 1.29 is 9.47 Å². The molecule has 0 unspecified atom stereocenters. The van der Waals surface area contributed by atoms with Gasteiger partial charge in [0.25, 0.3) is 0 Å². The molecule has 6 heteroatoms. The smallest absolute Gasteiger partial charge is 0.179 e. The van der Waals surface area contributed by atoms with E-state index in [-0.39, 0.29) is 0 Å². The summed E-state index contributed by atoms with van der Waals surface area (Å²) in [5.41, 5.74) is 1.94. The molecular formula is C14H14ClN3O2. The number of nitrogens with zero attached hydrogens (tertiary/aromatic N) is 2. The van der Waals surface area contributed by atoms with Crippen LogP contribution in [0.25, 0.3) is 0 Å². The lowest BCUT2D eigenvalue weighted by Gasteiger charge is -2.20. The quantitative estimate of drug-likeness (QED) is 0.936. The lowest BCUT2D eigenvalue weighted by Crippen LogP contribution is -2.17. The molecule has 1 aromatic carbocycles. The molecule has 0 atom stereocenters. The first kappa shape index (κ1) is 13.1. The molecule has 1 aromatic heterocycles. The van der Waals surface area contributed by atoms with Gasteiger partial charge in [0, 0.05) is 19.3 Å². The van der Waals surface area contributed by atoms with Crippen LogP contribution < -0.4 is 14.8 Å². The standard InChI is InChI=1S/C14H14ClN3O2/c15-12-6-10(7-13-14(12)20-5-4-19-13)8-16-9-11-2-1-3-17-18-11/h1-3,6-7,16H,4-5,8-9H2. The SMILES string of the molecule is Clc1cc(CNCc2cccnn2)cc2c1OCCO2. The lowest BCUT2D eigenvalue weighted by atomic mass is 10.2. The van der Waals surface area contributed by atoms with Crippen LogP contribution in [-0.4, -0.2) is 23.4 Å². The Bertz CT molecular complexity index is 592. The van der Waals surface area contributed by atoms with E-state index < -0.39 is 0 Å². The molecule has 0 saturated heterocycles. The predicted octanol–water partition coefficient (Wildman–Crippen LogP) is 2.19. The van der Waals surface area contributed by atoms with Gasteiger partial charge in [0.15, 0.2) is 11.5 Å². The van der Waals surface area contributed by atoms with Crippen molar-refractivity contribution in [1.82, 2.24) is 15.5 Å². The minimum atomic E-state index is 0.539. The predicted molar refractivity (Wildman–Crippen MR) is 75.0 cm³/mol. The normalized spacial score (nSPS) is 13.2. The Balaban J connectivity index is 1.64. The minimum Gasteiger partial charge on any atom is -0.486 e. The first-order chi connectivity index (χ1) is 9.83. The third-order valence-electron chi connectivity index (χ3n) is 2.92. The third kappa shape index (κ3) is 3.00. The number of aromatic nitrogens is 2. The molecule has 0 spiro atoms. The summed E-state index contributed by atoms with van der Waals surface area (Å²) in [4.78, 5) is 0. The van der Waals surface area contributed by atoms with E-state index in [1.165, 1.54) is 0 Å². The second kappa shape index (κ2) is 6.07. The molecule has 5 nitrogen and oxygen atoms in total. The van der Waals surface area contributed by atoms with E-state index >= 15 is 0 Å². The van der Waals surface area contributed by atoms with Gasteiger partial charge in [-0.25, -0.2) is 0 Å². The summed E-state index contributed by atoms with van der Waals surface area (Å²) >= 11 is 6.19. The molecular weight excluding hydrogens is 278 g/mol. The van der Waals surface area contributed by atoms with Gasteiger partial charge in [-0.2, -0.15) is 10.2 Å². The van der Waals surface area contributed by atoms with Gasteiger partial charge < -0.3 is 14.8 Å². The van der Waals surface area contributed by atoms with E-state index in [0.29, 0.717) is 42.8 Å². The van der Waals surface area contributed by atoms with Gasteiger partial charge in [0.05, 0.1) is 10.7 Å².